The maximum atomic E-state index is 11.8. The monoisotopic (exact) mass is 337 g/mol. The summed E-state index contributed by atoms with van der Waals surface area (Å²) in [6.07, 6.45) is 0. The Hall–Kier alpha value is -3.60. The zero-order chi connectivity index (χ0) is 17.6. The van der Waals surface area contributed by atoms with Crippen molar-refractivity contribution in [3.05, 3.63) is 58.0 Å². The molecule has 8 heteroatoms. The summed E-state index contributed by atoms with van der Waals surface area (Å²) in [4.78, 5) is 35.9. The smallest absolute Gasteiger partial charge is 0.321 e. The van der Waals surface area contributed by atoms with E-state index in [2.05, 4.69) is 32.7 Å². The molecule has 0 spiro atoms. The van der Waals surface area contributed by atoms with E-state index < -0.39 is 5.91 Å². The molecule has 1 aromatic carbocycles. The third-order valence-corrected chi connectivity index (χ3v) is 3.52. The van der Waals surface area contributed by atoms with Crippen molar-refractivity contribution < 1.29 is 9.59 Å². The van der Waals surface area contributed by atoms with Crippen LogP contribution in [-0.2, 0) is 0 Å². The summed E-state index contributed by atoms with van der Waals surface area (Å²) in [5.74, 6) is 5.35. The molecule has 25 heavy (non-hydrogen) atoms. The minimum absolute atomic E-state index is 0.0996. The van der Waals surface area contributed by atoms with Crippen molar-refractivity contribution >= 4 is 17.6 Å². The van der Waals surface area contributed by atoms with Crippen molar-refractivity contribution in [2.24, 2.45) is 0 Å². The van der Waals surface area contributed by atoms with E-state index in [9.17, 15) is 14.4 Å². The van der Waals surface area contributed by atoms with Gasteiger partial charge >= 0.3 is 6.03 Å². The quantitative estimate of drug-likeness (QED) is 0.690. The average molecular weight is 337 g/mol. The average Bonchev–Trinajstić information content (AvgIpc) is 3.06. The Labute approximate surface area is 143 Å². The van der Waals surface area contributed by atoms with Gasteiger partial charge in [-0.2, -0.15) is 5.10 Å². The van der Waals surface area contributed by atoms with E-state index in [1.54, 1.807) is 4.90 Å². The first-order valence-corrected chi connectivity index (χ1v) is 7.62. The molecule has 2 aromatic rings. The van der Waals surface area contributed by atoms with Gasteiger partial charge in [-0.25, -0.2) is 9.89 Å². The molecule has 0 atom stereocenters. The second kappa shape index (κ2) is 7.31. The van der Waals surface area contributed by atoms with Gasteiger partial charge in [0.2, 0.25) is 0 Å². The largest absolute Gasteiger partial charge is 0.340 e. The van der Waals surface area contributed by atoms with Gasteiger partial charge < -0.3 is 10.6 Å². The Morgan fingerprint density at radius 1 is 1.20 bits per heavy atom. The zero-order valence-corrected chi connectivity index (χ0v) is 13.2. The molecule has 1 saturated heterocycles. The van der Waals surface area contributed by atoms with Crippen LogP contribution in [0, 0.1) is 11.8 Å². The number of anilines is 1. The highest BCUT2D eigenvalue weighted by atomic mass is 16.2. The van der Waals surface area contributed by atoms with Crippen LogP contribution in [0.15, 0.2) is 41.2 Å². The van der Waals surface area contributed by atoms with Gasteiger partial charge in [0.25, 0.3) is 11.5 Å². The normalized spacial score (nSPS) is 13.0. The number of benzene rings is 1. The Kier molecular flexibility index (Phi) is 4.76. The van der Waals surface area contributed by atoms with Crippen molar-refractivity contribution in [1.29, 1.82) is 0 Å². The fourth-order valence-electron chi connectivity index (χ4n) is 2.27. The highest BCUT2D eigenvalue weighted by Gasteiger charge is 2.20. The van der Waals surface area contributed by atoms with Gasteiger partial charge in [0.15, 0.2) is 0 Å². The van der Waals surface area contributed by atoms with Crippen molar-refractivity contribution in [3.8, 4) is 11.8 Å². The third-order valence-electron chi connectivity index (χ3n) is 3.52. The number of aromatic nitrogens is 2. The van der Waals surface area contributed by atoms with Crippen molar-refractivity contribution in [1.82, 2.24) is 20.8 Å². The van der Waals surface area contributed by atoms with Gasteiger partial charge in [0.05, 0.1) is 6.54 Å². The van der Waals surface area contributed by atoms with Crippen LogP contribution in [0.25, 0.3) is 0 Å². The summed E-state index contributed by atoms with van der Waals surface area (Å²) in [5.41, 5.74) is 1.35. The summed E-state index contributed by atoms with van der Waals surface area (Å²) in [5, 5.41) is 11.2. The van der Waals surface area contributed by atoms with Crippen LogP contribution >= 0.6 is 0 Å². The van der Waals surface area contributed by atoms with E-state index in [1.807, 2.05) is 24.3 Å². The molecule has 3 amide bonds. The maximum absolute atomic E-state index is 11.8. The van der Waals surface area contributed by atoms with Gasteiger partial charge in [-0.05, 0) is 30.3 Å². The molecule has 2 heterocycles. The fourth-order valence-corrected chi connectivity index (χ4v) is 2.27. The predicted octanol–water partition coefficient (Wildman–Crippen LogP) is 0.0810. The van der Waals surface area contributed by atoms with Gasteiger partial charge in [-0.3, -0.25) is 14.5 Å². The molecule has 0 radical (unpaired) electrons. The summed E-state index contributed by atoms with van der Waals surface area (Å²) in [6, 6.07) is 9.77. The van der Waals surface area contributed by atoms with E-state index in [-0.39, 0.29) is 23.8 Å². The van der Waals surface area contributed by atoms with Crippen LogP contribution in [-0.4, -0.2) is 41.8 Å². The second-order valence-electron chi connectivity index (χ2n) is 5.22. The summed E-state index contributed by atoms with van der Waals surface area (Å²) < 4.78 is 0. The summed E-state index contributed by atoms with van der Waals surface area (Å²) >= 11 is 0. The fraction of sp³-hybridized carbons (Fsp3) is 0.176. The van der Waals surface area contributed by atoms with Crippen molar-refractivity contribution in [2.75, 3.05) is 24.5 Å². The Morgan fingerprint density at radius 2 is 2.00 bits per heavy atom. The van der Waals surface area contributed by atoms with Crippen molar-refractivity contribution in [3.63, 3.8) is 0 Å². The molecule has 1 aliphatic rings. The molecular formula is C17H15N5O3. The molecule has 0 aliphatic carbocycles. The number of rotatable bonds is 3. The van der Waals surface area contributed by atoms with Crippen LogP contribution in [0.1, 0.15) is 16.1 Å². The lowest BCUT2D eigenvalue weighted by molar-refractivity contribution is 0.0952. The first-order chi connectivity index (χ1) is 12.1. The van der Waals surface area contributed by atoms with Crippen LogP contribution in [0.2, 0.25) is 0 Å². The maximum Gasteiger partial charge on any atom is 0.321 e. The number of aromatic amines is 1. The molecule has 0 saturated carbocycles. The van der Waals surface area contributed by atoms with Gasteiger partial charge in [-0.15, -0.1) is 0 Å². The molecule has 1 fully saturated rings. The predicted molar refractivity (Wildman–Crippen MR) is 91.3 cm³/mol. The Bertz CT molecular complexity index is 888. The molecule has 3 N–H and O–H groups in total. The second-order valence-corrected chi connectivity index (χ2v) is 5.22. The van der Waals surface area contributed by atoms with E-state index in [4.69, 9.17) is 0 Å². The molecule has 0 unspecified atom stereocenters. The number of nitrogens with one attached hydrogen (secondary N) is 3. The number of carbonyl (C=O) groups is 2. The minimum atomic E-state index is -0.416. The number of H-pyrrole nitrogens is 1. The van der Waals surface area contributed by atoms with E-state index >= 15 is 0 Å². The van der Waals surface area contributed by atoms with Crippen LogP contribution in [0.3, 0.4) is 0 Å². The van der Waals surface area contributed by atoms with Crippen LogP contribution < -0.4 is 21.1 Å². The molecule has 8 nitrogen and oxygen atoms in total. The standard InChI is InChI=1S/C17H15N5O3/c23-15-8-7-14(20-21-15)16(24)18-9-1-2-12-3-5-13(6-4-12)22-11-10-19-17(22)25/h3-8H,9-11H2,(H,18,24)(H,19,25)(H,21,23). The molecule has 1 aliphatic heterocycles. The first kappa shape index (κ1) is 16.3. The lowest BCUT2D eigenvalue weighted by atomic mass is 10.2. The number of hydrogen-bond acceptors (Lipinski definition) is 4. The Balaban J connectivity index is 1.55. The Morgan fingerprint density at radius 3 is 2.64 bits per heavy atom. The highest BCUT2D eigenvalue weighted by molar-refractivity contribution is 5.94. The summed E-state index contributed by atoms with van der Waals surface area (Å²) in [7, 11) is 0. The van der Waals surface area contributed by atoms with Gasteiger partial charge in [-0.1, -0.05) is 11.8 Å². The highest BCUT2D eigenvalue weighted by Crippen LogP contribution is 2.16. The molecule has 126 valence electrons. The number of nitrogens with zero attached hydrogens (tertiary/aromatic N) is 2. The van der Waals surface area contributed by atoms with E-state index in [0.29, 0.717) is 13.1 Å². The topological polar surface area (TPSA) is 107 Å². The van der Waals surface area contributed by atoms with Gasteiger partial charge in [0.1, 0.15) is 5.69 Å². The number of hydrogen-bond donors (Lipinski definition) is 3. The van der Waals surface area contributed by atoms with Gasteiger partial charge in [0, 0.05) is 30.4 Å². The SMILES string of the molecule is O=C(NCC#Cc1ccc(N2CCNC2=O)cc1)c1ccc(=O)[nH]n1. The molecular weight excluding hydrogens is 322 g/mol. The van der Waals surface area contributed by atoms with Crippen LogP contribution in [0.5, 0.6) is 0 Å². The van der Waals surface area contributed by atoms with E-state index in [0.717, 1.165) is 11.3 Å². The summed E-state index contributed by atoms with van der Waals surface area (Å²) in [6.45, 7) is 1.44. The first-order valence-electron chi connectivity index (χ1n) is 7.62. The number of carbonyl (C=O) groups excluding carboxylic acids is 2. The molecule has 0 bridgehead atoms. The van der Waals surface area contributed by atoms with E-state index in [1.165, 1.54) is 12.1 Å². The minimum Gasteiger partial charge on any atom is -0.340 e. The zero-order valence-electron chi connectivity index (χ0n) is 13.2. The van der Waals surface area contributed by atoms with Crippen LogP contribution in [0.4, 0.5) is 10.5 Å². The van der Waals surface area contributed by atoms with Crippen molar-refractivity contribution in [2.45, 2.75) is 0 Å². The lowest BCUT2D eigenvalue weighted by Gasteiger charge is -2.13. The molecule has 1 aromatic heterocycles. The number of urea groups is 1. The number of amides is 3. The molecule has 3 rings (SSSR count). The third kappa shape index (κ3) is 4.03. The lowest BCUT2D eigenvalue weighted by Crippen LogP contribution is -2.27.